The summed E-state index contributed by atoms with van der Waals surface area (Å²) in [6.45, 7) is 13.3. The van der Waals surface area contributed by atoms with Crippen molar-refractivity contribution in [2.75, 3.05) is 19.7 Å². The number of guanidine groups is 1. The van der Waals surface area contributed by atoms with Crippen LogP contribution in [0.5, 0.6) is 0 Å². The molecule has 0 aromatic carbocycles. The Morgan fingerprint density at radius 2 is 2.00 bits per heavy atom. The van der Waals surface area contributed by atoms with Gasteiger partial charge in [-0.15, -0.1) is 35.3 Å². The molecule has 0 amide bonds. The highest BCUT2D eigenvalue weighted by Crippen LogP contribution is 2.19. The summed E-state index contributed by atoms with van der Waals surface area (Å²) < 4.78 is 0. The van der Waals surface area contributed by atoms with Gasteiger partial charge in [-0.25, -0.2) is 9.98 Å². The summed E-state index contributed by atoms with van der Waals surface area (Å²) in [7, 11) is 0. The summed E-state index contributed by atoms with van der Waals surface area (Å²) in [5.74, 6) is 2.38. The molecule has 0 fully saturated rings. The van der Waals surface area contributed by atoms with Gasteiger partial charge >= 0.3 is 0 Å². The Morgan fingerprint density at radius 1 is 1.28 bits per heavy atom. The molecule has 5 nitrogen and oxygen atoms in total. The molecule has 0 radical (unpaired) electrons. The highest BCUT2D eigenvalue weighted by atomic mass is 127. The predicted octanol–water partition coefficient (Wildman–Crippen LogP) is 3.98. The number of halogens is 1. The zero-order valence-electron chi connectivity index (χ0n) is 16.2. The Labute approximate surface area is 174 Å². The number of thiazole rings is 1. The fourth-order valence-electron chi connectivity index (χ4n) is 2.56. The molecule has 1 aromatic heterocycles. The molecule has 1 rings (SSSR count). The summed E-state index contributed by atoms with van der Waals surface area (Å²) in [5, 5.41) is 19.2. The minimum Gasteiger partial charge on any atom is -0.396 e. The first-order valence-corrected chi connectivity index (χ1v) is 9.91. The maximum absolute atomic E-state index is 9.24. The van der Waals surface area contributed by atoms with Gasteiger partial charge in [-0.2, -0.15) is 0 Å². The van der Waals surface area contributed by atoms with Crippen LogP contribution in [0.1, 0.15) is 64.1 Å². The van der Waals surface area contributed by atoms with Gasteiger partial charge in [-0.3, -0.25) is 0 Å². The first kappa shape index (κ1) is 24.6. The van der Waals surface area contributed by atoms with E-state index < -0.39 is 0 Å². The zero-order valence-corrected chi connectivity index (χ0v) is 19.4. The maximum Gasteiger partial charge on any atom is 0.191 e. The first-order chi connectivity index (χ1) is 11.5. The lowest BCUT2D eigenvalue weighted by molar-refractivity contribution is 0.243. The quantitative estimate of drug-likeness (QED) is 0.268. The van der Waals surface area contributed by atoms with Crippen molar-refractivity contribution in [2.24, 2.45) is 16.8 Å². The number of aromatic nitrogens is 1. The molecule has 0 aliphatic rings. The summed E-state index contributed by atoms with van der Waals surface area (Å²) in [4.78, 5) is 9.27. The molecule has 0 spiro atoms. The smallest absolute Gasteiger partial charge is 0.191 e. The van der Waals surface area contributed by atoms with Gasteiger partial charge in [-0.1, -0.05) is 27.7 Å². The second kappa shape index (κ2) is 13.7. The molecular formula is C18H35IN4OS. The van der Waals surface area contributed by atoms with Gasteiger partial charge in [0.1, 0.15) is 0 Å². The summed E-state index contributed by atoms with van der Waals surface area (Å²) in [5.41, 5.74) is 1.02. The third kappa shape index (κ3) is 10.4. The summed E-state index contributed by atoms with van der Waals surface area (Å²) in [6.07, 6.45) is 1.94. The van der Waals surface area contributed by atoms with E-state index in [9.17, 15) is 5.11 Å². The number of nitrogens with one attached hydrogen (secondary N) is 2. The highest BCUT2D eigenvalue weighted by Gasteiger charge is 2.11. The average molecular weight is 482 g/mol. The van der Waals surface area contributed by atoms with Crippen LogP contribution < -0.4 is 10.6 Å². The first-order valence-electron chi connectivity index (χ1n) is 9.03. The fraction of sp³-hybridized carbons (Fsp3) is 0.778. The van der Waals surface area contributed by atoms with Gasteiger partial charge in [0, 0.05) is 31.0 Å². The van der Waals surface area contributed by atoms with E-state index in [0.717, 1.165) is 42.6 Å². The second-order valence-corrected chi connectivity index (χ2v) is 7.81. The van der Waals surface area contributed by atoms with E-state index in [1.165, 1.54) is 0 Å². The van der Waals surface area contributed by atoms with E-state index in [-0.39, 0.29) is 30.6 Å². The Kier molecular flexibility index (Phi) is 13.5. The topological polar surface area (TPSA) is 69.5 Å². The van der Waals surface area contributed by atoms with E-state index in [4.69, 9.17) is 0 Å². The largest absolute Gasteiger partial charge is 0.396 e. The van der Waals surface area contributed by atoms with Crippen molar-refractivity contribution in [3.8, 4) is 0 Å². The number of aliphatic hydroxyl groups excluding tert-OH is 1. The third-order valence-electron chi connectivity index (χ3n) is 3.71. The number of hydrogen-bond donors (Lipinski definition) is 3. The lowest BCUT2D eigenvalue weighted by atomic mass is 9.94. The standard InChI is InChI=1S/C18H34N4OS.HI/c1-6-19-18(20-10-15(7-8-23)9-13(2)3)21-11-16-12-24-17(22-16)14(4)5;/h12-15,23H,6-11H2,1-5H3,(H2,19,20,21);1H. The van der Waals surface area contributed by atoms with Crippen molar-refractivity contribution < 1.29 is 5.11 Å². The van der Waals surface area contributed by atoms with Gasteiger partial charge in [-0.05, 0) is 31.6 Å². The van der Waals surface area contributed by atoms with Crippen molar-refractivity contribution in [3.05, 3.63) is 16.1 Å². The molecule has 146 valence electrons. The number of hydrogen-bond acceptors (Lipinski definition) is 4. The molecule has 1 aromatic rings. The van der Waals surface area contributed by atoms with E-state index in [0.29, 0.717) is 24.3 Å². The van der Waals surface area contributed by atoms with Crippen LogP contribution in [0.25, 0.3) is 0 Å². The van der Waals surface area contributed by atoms with Crippen LogP contribution in [0.2, 0.25) is 0 Å². The van der Waals surface area contributed by atoms with Gasteiger partial charge in [0.15, 0.2) is 5.96 Å². The molecule has 3 N–H and O–H groups in total. The van der Waals surface area contributed by atoms with Crippen molar-refractivity contribution in [1.29, 1.82) is 0 Å². The lowest BCUT2D eigenvalue weighted by Crippen LogP contribution is -2.40. The molecule has 1 atom stereocenters. The van der Waals surface area contributed by atoms with Gasteiger partial charge in [0.25, 0.3) is 0 Å². The molecule has 1 heterocycles. The molecule has 0 bridgehead atoms. The van der Waals surface area contributed by atoms with Crippen molar-refractivity contribution in [3.63, 3.8) is 0 Å². The maximum atomic E-state index is 9.24. The third-order valence-corrected chi connectivity index (χ3v) is 4.90. The Balaban J connectivity index is 0.00000576. The Bertz CT molecular complexity index is 491. The summed E-state index contributed by atoms with van der Waals surface area (Å²) in [6, 6.07) is 0. The molecule has 0 aliphatic heterocycles. The lowest BCUT2D eigenvalue weighted by Gasteiger charge is -2.20. The molecule has 1 unspecified atom stereocenters. The van der Waals surface area contributed by atoms with Crippen LogP contribution in [-0.2, 0) is 6.54 Å². The van der Waals surface area contributed by atoms with Gasteiger partial charge < -0.3 is 15.7 Å². The van der Waals surface area contributed by atoms with Crippen LogP contribution in [0.3, 0.4) is 0 Å². The SMILES string of the molecule is CCNC(=NCc1csc(C(C)C)n1)NCC(CCO)CC(C)C.I. The molecule has 0 saturated carbocycles. The summed E-state index contributed by atoms with van der Waals surface area (Å²) >= 11 is 1.71. The predicted molar refractivity (Wildman–Crippen MR) is 119 cm³/mol. The van der Waals surface area contributed by atoms with Crippen LogP contribution in [-0.4, -0.2) is 35.7 Å². The van der Waals surface area contributed by atoms with Crippen molar-refractivity contribution >= 4 is 41.3 Å². The van der Waals surface area contributed by atoms with Crippen LogP contribution >= 0.6 is 35.3 Å². The number of aliphatic hydroxyl groups is 1. The minimum atomic E-state index is 0. The van der Waals surface area contributed by atoms with Crippen LogP contribution in [0.4, 0.5) is 0 Å². The van der Waals surface area contributed by atoms with E-state index >= 15 is 0 Å². The number of rotatable bonds is 10. The van der Waals surface area contributed by atoms with E-state index in [2.05, 4.69) is 60.6 Å². The average Bonchev–Trinajstić information content (AvgIpc) is 2.98. The molecule has 25 heavy (non-hydrogen) atoms. The van der Waals surface area contributed by atoms with Crippen molar-refractivity contribution in [2.45, 2.75) is 59.9 Å². The van der Waals surface area contributed by atoms with Crippen LogP contribution in [0, 0.1) is 11.8 Å². The molecule has 7 heteroatoms. The molecule has 0 aliphatic carbocycles. The monoisotopic (exact) mass is 482 g/mol. The highest BCUT2D eigenvalue weighted by molar-refractivity contribution is 14.0. The van der Waals surface area contributed by atoms with E-state index in [1.54, 1.807) is 11.3 Å². The number of nitrogens with zero attached hydrogens (tertiary/aromatic N) is 2. The van der Waals surface area contributed by atoms with Crippen LogP contribution in [0.15, 0.2) is 10.4 Å². The van der Waals surface area contributed by atoms with Gasteiger partial charge in [0.2, 0.25) is 0 Å². The zero-order chi connectivity index (χ0) is 17.9. The minimum absolute atomic E-state index is 0. The molecule has 0 saturated heterocycles. The Morgan fingerprint density at radius 3 is 2.52 bits per heavy atom. The normalized spacial score (nSPS) is 13.0. The van der Waals surface area contributed by atoms with Crippen molar-refractivity contribution in [1.82, 2.24) is 15.6 Å². The van der Waals surface area contributed by atoms with E-state index in [1.807, 2.05) is 0 Å². The second-order valence-electron chi connectivity index (χ2n) is 6.92. The molecular weight excluding hydrogens is 447 g/mol. The van der Waals surface area contributed by atoms with Gasteiger partial charge in [0.05, 0.1) is 17.2 Å². The number of aliphatic imine (C=N–C) groups is 1. The Hall–Kier alpha value is -0.410. The fourth-order valence-corrected chi connectivity index (χ4v) is 3.38.